The van der Waals surface area contributed by atoms with Gasteiger partial charge in [0.25, 0.3) is 0 Å². The van der Waals surface area contributed by atoms with Gasteiger partial charge in [-0.15, -0.1) is 0 Å². The average Bonchev–Trinajstić information content (AvgIpc) is 2.23. The Morgan fingerprint density at radius 1 is 1.19 bits per heavy atom. The van der Waals surface area contributed by atoms with Gasteiger partial charge in [-0.3, -0.25) is 4.79 Å². The number of amides is 3. The highest BCUT2D eigenvalue weighted by Crippen LogP contribution is 1.89. The summed E-state index contributed by atoms with van der Waals surface area (Å²) in [7, 11) is 0. The molecule has 7 nitrogen and oxygen atoms in total. The molecule has 0 fully saturated rings. The summed E-state index contributed by atoms with van der Waals surface area (Å²) in [5.74, 6) is -1.42. The van der Waals surface area contributed by atoms with E-state index in [1.54, 1.807) is 13.8 Å². The van der Waals surface area contributed by atoms with Gasteiger partial charge in [0.1, 0.15) is 6.04 Å². The molecule has 3 amide bonds. The molecule has 0 heterocycles. The standard InChI is InChI=1S/C9H17N3O4/c1-3-6(8(14)15)12-9(16)11-5-7(13)10-4-2/h6H,3-5H2,1-2H3,(H,10,13)(H,14,15)(H2,11,12,16)/t6-/m0/s1. The minimum Gasteiger partial charge on any atom is -0.480 e. The number of urea groups is 1. The summed E-state index contributed by atoms with van der Waals surface area (Å²) in [5, 5.41) is 15.7. The Kier molecular flexibility index (Phi) is 6.66. The van der Waals surface area contributed by atoms with Crippen LogP contribution in [0.25, 0.3) is 0 Å². The summed E-state index contributed by atoms with van der Waals surface area (Å²) in [6.45, 7) is 3.71. The third-order valence-corrected chi connectivity index (χ3v) is 1.80. The number of hydrogen-bond acceptors (Lipinski definition) is 3. The SMILES string of the molecule is CCNC(=O)CNC(=O)N[C@@H](CC)C(=O)O. The van der Waals surface area contributed by atoms with Crippen molar-refractivity contribution in [2.24, 2.45) is 0 Å². The second-order valence-electron chi connectivity index (χ2n) is 3.08. The second kappa shape index (κ2) is 7.49. The van der Waals surface area contributed by atoms with Crippen LogP contribution in [0.5, 0.6) is 0 Å². The molecule has 4 N–H and O–H groups in total. The summed E-state index contributed by atoms with van der Waals surface area (Å²) in [5.41, 5.74) is 0. The quantitative estimate of drug-likeness (QED) is 0.484. The lowest BCUT2D eigenvalue weighted by atomic mass is 10.2. The minimum atomic E-state index is -1.10. The number of carboxylic acids is 1. The Balaban J connectivity index is 3.89. The predicted molar refractivity (Wildman–Crippen MR) is 56.9 cm³/mol. The lowest BCUT2D eigenvalue weighted by Crippen LogP contribution is -2.48. The first-order chi connectivity index (χ1) is 7.51. The minimum absolute atomic E-state index is 0.171. The van der Waals surface area contributed by atoms with Gasteiger partial charge in [0.05, 0.1) is 6.54 Å². The zero-order valence-corrected chi connectivity index (χ0v) is 9.37. The van der Waals surface area contributed by atoms with Crippen LogP contribution in [0.4, 0.5) is 4.79 Å². The van der Waals surface area contributed by atoms with Crippen molar-refractivity contribution >= 4 is 17.9 Å². The molecule has 0 rings (SSSR count). The molecule has 0 aromatic rings. The molecule has 92 valence electrons. The van der Waals surface area contributed by atoms with Gasteiger partial charge < -0.3 is 21.1 Å². The molecule has 0 spiro atoms. The molecule has 0 aliphatic heterocycles. The topological polar surface area (TPSA) is 108 Å². The first kappa shape index (κ1) is 14.2. The number of rotatable bonds is 6. The zero-order valence-electron chi connectivity index (χ0n) is 9.37. The van der Waals surface area contributed by atoms with E-state index in [4.69, 9.17) is 5.11 Å². The molecule has 0 saturated heterocycles. The molecule has 7 heteroatoms. The number of likely N-dealkylation sites (N-methyl/N-ethyl adjacent to an activating group) is 1. The van der Waals surface area contributed by atoms with E-state index >= 15 is 0 Å². The zero-order chi connectivity index (χ0) is 12.6. The van der Waals surface area contributed by atoms with Gasteiger partial charge in [-0.05, 0) is 13.3 Å². The third kappa shape index (κ3) is 5.84. The molecule has 0 unspecified atom stereocenters. The summed E-state index contributed by atoms with van der Waals surface area (Å²) in [4.78, 5) is 32.7. The van der Waals surface area contributed by atoms with Gasteiger partial charge in [0.15, 0.2) is 0 Å². The summed E-state index contributed by atoms with van der Waals surface area (Å²) in [6, 6.07) is -1.60. The summed E-state index contributed by atoms with van der Waals surface area (Å²) >= 11 is 0. The largest absolute Gasteiger partial charge is 0.480 e. The van der Waals surface area contributed by atoms with Gasteiger partial charge >= 0.3 is 12.0 Å². The Labute approximate surface area is 93.6 Å². The van der Waals surface area contributed by atoms with Crippen molar-refractivity contribution in [2.75, 3.05) is 13.1 Å². The molecular weight excluding hydrogens is 214 g/mol. The van der Waals surface area contributed by atoms with Gasteiger partial charge in [-0.1, -0.05) is 6.92 Å². The van der Waals surface area contributed by atoms with Crippen LogP contribution < -0.4 is 16.0 Å². The highest BCUT2D eigenvalue weighted by molar-refractivity contribution is 5.86. The van der Waals surface area contributed by atoms with Gasteiger partial charge in [-0.2, -0.15) is 0 Å². The molecule has 0 aromatic carbocycles. The van der Waals surface area contributed by atoms with Crippen molar-refractivity contribution in [2.45, 2.75) is 26.3 Å². The van der Waals surface area contributed by atoms with Gasteiger partial charge in [0, 0.05) is 6.54 Å². The fourth-order valence-electron chi connectivity index (χ4n) is 0.968. The second-order valence-corrected chi connectivity index (χ2v) is 3.08. The molecule has 0 aromatic heterocycles. The van der Waals surface area contributed by atoms with Crippen molar-refractivity contribution in [3.63, 3.8) is 0 Å². The van der Waals surface area contributed by atoms with E-state index in [1.807, 2.05) is 0 Å². The van der Waals surface area contributed by atoms with E-state index in [9.17, 15) is 14.4 Å². The maximum Gasteiger partial charge on any atom is 0.326 e. The van der Waals surface area contributed by atoms with Gasteiger partial charge in [0.2, 0.25) is 5.91 Å². The van der Waals surface area contributed by atoms with Crippen molar-refractivity contribution in [1.82, 2.24) is 16.0 Å². The Morgan fingerprint density at radius 3 is 2.25 bits per heavy atom. The van der Waals surface area contributed by atoms with Crippen molar-refractivity contribution in [1.29, 1.82) is 0 Å². The van der Waals surface area contributed by atoms with E-state index in [-0.39, 0.29) is 18.9 Å². The van der Waals surface area contributed by atoms with Crippen LogP contribution in [0.3, 0.4) is 0 Å². The van der Waals surface area contributed by atoms with Crippen LogP contribution in [0.1, 0.15) is 20.3 Å². The lowest BCUT2D eigenvalue weighted by molar-refractivity contribution is -0.139. The number of carbonyl (C=O) groups is 3. The number of carbonyl (C=O) groups excluding carboxylic acids is 2. The molecule has 0 bridgehead atoms. The maximum absolute atomic E-state index is 11.2. The molecule has 1 atom stereocenters. The number of nitrogens with one attached hydrogen (secondary N) is 3. The van der Waals surface area contributed by atoms with Crippen LogP contribution in [0, 0.1) is 0 Å². The van der Waals surface area contributed by atoms with Crippen LogP contribution in [0.2, 0.25) is 0 Å². The molecular formula is C9H17N3O4. The van der Waals surface area contributed by atoms with Gasteiger partial charge in [-0.25, -0.2) is 9.59 Å². The average molecular weight is 231 g/mol. The first-order valence-electron chi connectivity index (χ1n) is 5.05. The molecule has 0 radical (unpaired) electrons. The number of carboxylic acid groups (broad SMARTS) is 1. The monoisotopic (exact) mass is 231 g/mol. The third-order valence-electron chi connectivity index (χ3n) is 1.80. The van der Waals surface area contributed by atoms with Crippen LogP contribution in [-0.4, -0.2) is 42.1 Å². The normalized spacial score (nSPS) is 11.4. The van der Waals surface area contributed by atoms with Crippen LogP contribution in [0.15, 0.2) is 0 Å². The van der Waals surface area contributed by atoms with Crippen molar-refractivity contribution < 1.29 is 19.5 Å². The molecule has 0 saturated carbocycles. The van der Waals surface area contributed by atoms with Crippen LogP contribution >= 0.6 is 0 Å². The van der Waals surface area contributed by atoms with E-state index in [1.165, 1.54) is 0 Å². The number of aliphatic carboxylic acids is 1. The predicted octanol–water partition coefficient (Wildman–Crippen LogP) is -0.715. The van der Waals surface area contributed by atoms with E-state index in [0.717, 1.165) is 0 Å². The highest BCUT2D eigenvalue weighted by atomic mass is 16.4. The van der Waals surface area contributed by atoms with Crippen LogP contribution in [-0.2, 0) is 9.59 Å². The summed E-state index contributed by atoms with van der Waals surface area (Å²) in [6.07, 6.45) is 0.282. The summed E-state index contributed by atoms with van der Waals surface area (Å²) < 4.78 is 0. The van der Waals surface area contributed by atoms with E-state index in [2.05, 4.69) is 16.0 Å². The van der Waals surface area contributed by atoms with E-state index in [0.29, 0.717) is 6.54 Å². The lowest BCUT2D eigenvalue weighted by Gasteiger charge is -2.12. The van der Waals surface area contributed by atoms with Crippen molar-refractivity contribution in [3.8, 4) is 0 Å². The Hall–Kier alpha value is -1.79. The fraction of sp³-hybridized carbons (Fsp3) is 0.667. The molecule has 0 aliphatic carbocycles. The smallest absolute Gasteiger partial charge is 0.326 e. The first-order valence-corrected chi connectivity index (χ1v) is 5.05. The Morgan fingerprint density at radius 2 is 1.81 bits per heavy atom. The molecule has 0 aliphatic rings. The number of hydrogen-bond donors (Lipinski definition) is 4. The fourth-order valence-corrected chi connectivity index (χ4v) is 0.968. The van der Waals surface area contributed by atoms with Crippen molar-refractivity contribution in [3.05, 3.63) is 0 Å². The highest BCUT2D eigenvalue weighted by Gasteiger charge is 2.17. The Bertz CT molecular complexity index is 267. The molecule has 16 heavy (non-hydrogen) atoms. The van der Waals surface area contributed by atoms with E-state index < -0.39 is 18.0 Å². The maximum atomic E-state index is 11.2.